The van der Waals surface area contributed by atoms with Gasteiger partial charge in [0, 0.05) is 4.43 Å². The molecule has 10 heavy (non-hydrogen) atoms. The van der Waals surface area contributed by atoms with E-state index in [9.17, 15) is 14.7 Å². The van der Waals surface area contributed by atoms with Gasteiger partial charge in [0.25, 0.3) is 0 Å². The topological polar surface area (TPSA) is 66.4 Å². The van der Waals surface area contributed by atoms with Gasteiger partial charge in [0.05, 0.1) is 0 Å². The van der Waals surface area contributed by atoms with Crippen molar-refractivity contribution < 1.29 is 49.0 Å². The van der Waals surface area contributed by atoms with Crippen molar-refractivity contribution in [3.63, 3.8) is 0 Å². The molecule has 0 amide bonds. The van der Waals surface area contributed by atoms with Crippen LogP contribution in [0.4, 0.5) is 0 Å². The standard InChI is InChI=1S/C4H5IO4.Na/c5-1-2-9-4(8)3(6)7;/h1-2H2,(H,6,7);/q;+1/p-1. The second-order valence-electron chi connectivity index (χ2n) is 1.11. The normalized spacial score (nSPS) is 7.70. The molecule has 0 aromatic rings. The zero-order chi connectivity index (χ0) is 7.28. The molecule has 0 aliphatic carbocycles. The molecule has 0 unspecified atom stereocenters. The van der Waals surface area contributed by atoms with Crippen LogP contribution >= 0.6 is 22.6 Å². The number of carboxylic acids is 1. The minimum atomic E-state index is -1.79. The van der Waals surface area contributed by atoms with Gasteiger partial charge in [-0.25, -0.2) is 4.79 Å². The van der Waals surface area contributed by atoms with Crippen LogP contribution in [0.5, 0.6) is 0 Å². The maximum atomic E-state index is 10.0. The molecule has 4 nitrogen and oxygen atoms in total. The van der Waals surface area contributed by atoms with Gasteiger partial charge in [-0.15, -0.1) is 0 Å². The van der Waals surface area contributed by atoms with Crippen molar-refractivity contribution in [3.8, 4) is 0 Å². The van der Waals surface area contributed by atoms with Crippen molar-refractivity contribution in [3.05, 3.63) is 0 Å². The number of carbonyl (C=O) groups is 2. The maximum Gasteiger partial charge on any atom is 1.00 e. The average molecular weight is 266 g/mol. The zero-order valence-corrected chi connectivity index (χ0v) is 9.58. The second kappa shape index (κ2) is 7.77. The van der Waals surface area contributed by atoms with Crippen LogP contribution < -0.4 is 34.7 Å². The van der Waals surface area contributed by atoms with E-state index in [1.54, 1.807) is 0 Å². The fourth-order valence-electron chi connectivity index (χ4n) is 0.190. The number of esters is 1. The van der Waals surface area contributed by atoms with E-state index in [1.165, 1.54) is 0 Å². The van der Waals surface area contributed by atoms with Crippen molar-refractivity contribution in [2.75, 3.05) is 11.0 Å². The second-order valence-corrected chi connectivity index (χ2v) is 2.19. The molecule has 0 spiro atoms. The van der Waals surface area contributed by atoms with Crippen molar-refractivity contribution in [2.24, 2.45) is 0 Å². The average Bonchev–Trinajstić information content (AvgIpc) is 1.82. The Morgan fingerprint density at radius 1 is 1.50 bits per heavy atom. The molecule has 0 aliphatic heterocycles. The predicted molar refractivity (Wildman–Crippen MR) is 34.9 cm³/mol. The molecule has 0 saturated heterocycles. The summed E-state index contributed by atoms with van der Waals surface area (Å²) < 4.78 is 4.72. The Hall–Kier alpha value is 0.670. The molecule has 6 heteroatoms. The van der Waals surface area contributed by atoms with Crippen LogP contribution in [0.3, 0.4) is 0 Å². The molecule has 0 saturated carbocycles. The molecule has 0 aromatic carbocycles. The number of hydrogen-bond donors (Lipinski definition) is 0. The van der Waals surface area contributed by atoms with Gasteiger partial charge in [0.2, 0.25) is 0 Å². The summed E-state index contributed by atoms with van der Waals surface area (Å²) in [4.78, 5) is 19.6. The van der Waals surface area contributed by atoms with E-state index in [0.717, 1.165) is 0 Å². The zero-order valence-electron chi connectivity index (χ0n) is 5.43. The van der Waals surface area contributed by atoms with Crippen LogP contribution in [-0.4, -0.2) is 23.0 Å². The van der Waals surface area contributed by atoms with Crippen molar-refractivity contribution in [1.82, 2.24) is 0 Å². The molecule has 0 N–H and O–H groups in total. The van der Waals surface area contributed by atoms with Crippen LogP contribution in [0.2, 0.25) is 0 Å². The Balaban J connectivity index is 0. The van der Waals surface area contributed by atoms with E-state index < -0.39 is 11.9 Å². The largest absolute Gasteiger partial charge is 1.00 e. The summed E-state index contributed by atoms with van der Waals surface area (Å²) in [5.41, 5.74) is 0. The molecule has 0 aliphatic rings. The van der Waals surface area contributed by atoms with Crippen LogP contribution in [0.25, 0.3) is 0 Å². The van der Waals surface area contributed by atoms with E-state index in [-0.39, 0.29) is 36.2 Å². The number of alkyl halides is 1. The number of carboxylic acid groups (broad SMARTS) is 1. The molecule has 0 heterocycles. The summed E-state index contributed by atoms with van der Waals surface area (Å²) in [6.45, 7) is 0.118. The molecular formula is C4H4INaO4. The molecule has 0 aromatic heterocycles. The molecule has 0 atom stereocenters. The fourth-order valence-corrected chi connectivity index (χ4v) is 0.410. The number of rotatable bonds is 2. The van der Waals surface area contributed by atoms with E-state index >= 15 is 0 Å². The van der Waals surface area contributed by atoms with Gasteiger partial charge >= 0.3 is 35.5 Å². The smallest absolute Gasteiger partial charge is 0.539 e. The van der Waals surface area contributed by atoms with Gasteiger partial charge in [-0.05, 0) is 0 Å². The maximum absolute atomic E-state index is 10.0. The molecule has 0 radical (unpaired) electrons. The first-order chi connectivity index (χ1) is 4.18. The summed E-state index contributed by atoms with van der Waals surface area (Å²) in [7, 11) is 0. The SMILES string of the molecule is O=C([O-])C(=O)OCCI.[Na+]. The van der Waals surface area contributed by atoms with Crippen molar-refractivity contribution in [2.45, 2.75) is 0 Å². The third-order valence-corrected chi connectivity index (χ3v) is 0.917. The van der Waals surface area contributed by atoms with Crippen molar-refractivity contribution in [1.29, 1.82) is 0 Å². The van der Waals surface area contributed by atoms with Crippen LogP contribution in [0, 0.1) is 0 Å². The molecule has 0 rings (SSSR count). The Labute approximate surface area is 93.7 Å². The monoisotopic (exact) mass is 266 g/mol. The van der Waals surface area contributed by atoms with Crippen molar-refractivity contribution >= 4 is 34.5 Å². The molecule has 0 fully saturated rings. The minimum absolute atomic E-state index is 0. The van der Waals surface area contributed by atoms with Gasteiger partial charge in [0.15, 0.2) is 5.97 Å². The Morgan fingerprint density at radius 3 is 2.30 bits per heavy atom. The molecule has 52 valence electrons. The number of carbonyl (C=O) groups excluding carboxylic acids is 2. The number of hydrogen-bond acceptors (Lipinski definition) is 4. The van der Waals surface area contributed by atoms with E-state index in [0.29, 0.717) is 4.43 Å². The first-order valence-electron chi connectivity index (χ1n) is 2.12. The van der Waals surface area contributed by atoms with Gasteiger partial charge in [-0.1, -0.05) is 22.6 Å². The third-order valence-electron chi connectivity index (χ3n) is 0.477. The van der Waals surface area contributed by atoms with Gasteiger partial charge in [0.1, 0.15) is 6.61 Å². The number of halogens is 1. The van der Waals surface area contributed by atoms with Crippen LogP contribution in [-0.2, 0) is 14.3 Å². The number of aliphatic carboxylic acids is 1. The summed E-state index contributed by atoms with van der Waals surface area (Å²) in [5, 5.41) is 9.62. The minimum Gasteiger partial charge on any atom is -0.539 e. The number of ether oxygens (including phenoxy) is 1. The van der Waals surface area contributed by atoms with Gasteiger partial charge in [-0.3, -0.25) is 0 Å². The quantitative estimate of drug-likeness (QED) is 0.167. The molecule has 0 bridgehead atoms. The van der Waals surface area contributed by atoms with Crippen LogP contribution in [0.1, 0.15) is 0 Å². The Bertz CT molecular complexity index is 126. The van der Waals surface area contributed by atoms with Crippen LogP contribution in [0.15, 0.2) is 0 Å². The third kappa shape index (κ3) is 6.79. The summed E-state index contributed by atoms with van der Waals surface area (Å²) in [6, 6.07) is 0. The fraction of sp³-hybridized carbons (Fsp3) is 0.500. The first-order valence-corrected chi connectivity index (χ1v) is 3.65. The van der Waals surface area contributed by atoms with E-state index in [1.807, 2.05) is 22.6 Å². The predicted octanol–water partition coefficient (Wildman–Crippen LogP) is -4.28. The Morgan fingerprint density at radius 2 is 2.00 bits per heavy atom. The van der Waals surface area contributed by atoms with Gasteiger partial charge in [-0.2, -0.15) is 0 Å². The van der Waals surface area contributed by atoms with E-state index in [4.69, 9.17) is 0 Å². The summed E-state index contributed by atoms with van der Waals surface area (Å²) >= 11 is 1.95. The molecular weight excluding hydrogens is 262 g/mol. The van der Waals surface area contributed by atoms with E-state index in [2.05, 4.69) is 4.74 Å². The summed E-state index contributed by atoms with van der Waals surface area (Å²) in [6.07, 6.45) is 0. The first kappa shape index (κ1) is 13.3. The Kier molecular flexibility index (Phi) is 10.3. The van der Waals surface area contributed by atoms with Gasteiger partial charge < -0.3 is 14.6 Å². The summed E-state index contributed by atoms with van der Waals surface area (Å²) in [5.74, 6) is -3.09.